The fourth-order valence-corrected chi connectivity index (χ4v) is 4.68. The maximum atomic E-state index is 13.6. The smallest absolute Gasteiger partial charge is 0.274 e. The highest BCUT2D eigenvalue weighted by Crippen LogP contribution is 2.29. The molecule has 2 amide bonds. The molecule has 4 rings (SSSR count). The number of aryl methyl sites for hydroxylation is 1. The number of benzene rings is 1. The molecule has 0 radical (unpaired) electrons. The number of nitrogens with zero attached hydrogens (tertiary/aromatic N) is 3. The Hall–Kier alpha value is -2.75. The van der Waals surface area contributed by atoms with E-state index in [2.05, 4.69) is 41.5 Å². The van der Waals surface area contributed by atoms with Crippen LogP contribution in [0.25, 0.3) is 5.82 Å². The molecule has 0 saturated carbocycles. The number of ether oxygens (including phenoxy) is 1. The van der Waals surface area contributed by atoms with Gasteiger partial charge in [0.2, 0.25) is 5.88 Å². The summed E-state index contributed by atoms with van der Waals surface area (Å²) in [5.41, 5.74) is 1.51. The molecule has 11 heteroatoms. The van der Waals surface area contributed by atoms with Crippen molar-refractivity contribution >= 4 is 52.5 Å². The molecule has 1 fully saturated rings. The van der Waals surface area contributed by atoms with Gasteiger partial charge in [-0.25, -0.2) is 9.67 Å². The van der Waals surface area contributed by atoms with Crippen molar-refractivity contribution in [2.45, 2.75) is 40.2 Å². The molecule has 2 N–H and O–H groups in total. The quantitative estimate of drug-likeness (QED) is 0.361. The predicted molar refractivity (Wildman–Crippen MR) is 149 cm³/mol. The van der Waals surface area contributed by atoms with Gasteiger partial charge in [0, 0.05) is 35.3 Å². The Bertz CT molecular complexity index is 1320. The molecule has 0 aliphatic carbocycles. The first-order chi connectivity index (χ1) is 17.5. The van der Waals surface area contributed by atoms with Crippen LogP contribution in [0.2, 0.25) is 10.0 Å². The van der Waals surface area contributed by atoms with E-state index in [9.17, 15) is 9.59 Å². The molecule has 0 spiro atoms. The number of nitrogens with one attached hydrogen (secondary N) is 2. The summed E-state index contributed by atoms with van der Waals surface area (Å²) in [5.74, 6) is 1.48. The highest BCUT2D eigenvalue weighted by molar-refractivity contribution is 8.00. The monoisotopic (exact) mass is 561 g/mol. The second kappa shape index (κ2) is 11.3. The van der Waals surface area contributed by atoms with Crippen molar-refractivity contribution in [3.8, 4) is 11.7 Å². The Morgan fingerprint density at radius 1 is 1.19 bits per heavy atom. The summed E-state index contributed by atoms with van der Waals surface area (Å²) in [7, 11) is 0. The van der Waals surface area contributed by atoms with E-state index < -0.39 is 5.91 Å². The number of halogens is 2. The van der Waals surface area contributed by atoms with E-state index in [1.165, 1.54) is 4.68 Å². The van der Waals surface area contributed by atoms with Crippen molar-refractivity contribution in [3.63, 3.8) is 0 Å². The number of carbonyl (C=O) groups is 2. The number of hydrogen-bond donors (Lipinski definition) is 2. The Labute approximate surface area is 230 Å². The molecule has 0 bridgehead atoms. The van der Waals surface area contributed by atoms with Gasteiger partial charge in [-0.3, -0.25) is 9.59 Å². The maximum absolute atomic E-state index is 13.6. The molecule has 0 atom stereocenters. The number of rotatable bonds is 8. The number of hydrogen-bond acceptors (Lipinski definition) is 6. The van der Waals surface area contributed by atoms with Crippen LogP contribution in [0.15, 0.2) is 36.5 Å². The standard InChI is InChI=1S/C26H29Cl2N5O3S/c1-15-10-16(27)11-18(24(34)30-9-7-26(2,3)4)22(15)31-25(35)20-12-21(36-17-13-37-14-17)32-33(20)23-19(28)6-5-8-29-23/h5-6,8,10-12,17H,7,9,13-14H2,1-4H3,(H,30,34)(H,31,35). The van der Waals surface area contributed by atoms with Gasteiger partial charge in [0.05, 0.1) is 16.3 Å². The van der Waals surface area contributed by atoms with E-state index in [0.717, 1.165) is 17.9 Å². The third-order valence-electron chi connectivity index (χ3n) is 5.70. The van der Waals surface area contributed by atoms with Gasteiger partial charge in [-0.2, -0.15) is 11.8 Å². The summed E-state index contributed by atoms with van der Waals surface area (Å²) in [4.78, 5) is 31.0. The molecule has 2 aromatic heterocycles. The van der Waals surface area contributed by atoms with Gasteiger partial charge in [-0.05, 0) is 48.6 Å². The summed E-state index contributed by atoms with van der Waals surface area (Å²) in [6.45, 7) is 8.59. The molecular formula is C26H29Cl2N5O3S. The normalized spacial score (nSPS) is 13.7. The zero-order valence-corrected chi connectivity index (χ0v) is 23.4. The van der Waals surface area contributed by atoms with Crippen molar-refractivity contribution < 1.29 is 14.3 Å². The largest absolute Gasteiger partial charge is 0.472 e. The topological polar surface area (TPSA) is 98.1 Å². The van der Waals surface area contributed by atoms with E-state index in [-0.39, 0.29) is 28.7 Å². The van der Waals surface area contributed by atoms with Gasteiger partial charge < -0.3 is 15.4 Å². The highest BCUT2D eigenvalue weighted by Gasteiger charge is 2.26. The third kappa shape index (κ3) is 6.77. The second-order valence-corrected chi connectivity index (χ2v) is 12.0. The van der Waals surface area contributed by atoms with Crippen molar-refractivity contribution in [3.05, 3.63) is 63.4 Å². The van der Waals surface area contributed by atoms with Crippen LogP contribution >= 0.6 is 35.0 Å². The number of thioether (sulfide) groups is 1. The minimum Gasteiger partial charge on any atom is -0.472 e. The molecule has 1 aliphatic heterocycles. The van der Waals surface area contributed by atoms with Crippen LogP contribution < -0.4 is 15.4 Å². The van der Waals surface area contributed by atoms with Crippen molar-refractivity contribution in [1.82, 2.24) is 20.1 Å². The minimum atomic E-state index is -0.499. The lowest BCUT2D eigenvalue weighted by atomic mass is 9.92. The van der Waals surface area contributed by atoms with Crippen molar-refractivity contribution in [2.75, 3.05) is 23.4 Å². The summed E-state index contributed by atoms with van der Waals surface area (Å²) >= 11 is 14.4. The summed E-state index contributed by atoms with van der Waals surface area (Å²) in [6, 6.07) is 8.15. The lowest BCUT2D eigenvalue weighted by molar-refractivity contribution is 0.0950. The average molecular weight is 563 g/mol. The second-order valence-electron chi connectivity index (χ2n) is 10.0. The fraction of sp³-hybridized carbons (Fsp3) is 0.385. The van der Waals surface area contributed by atoms with Crippen LogP contribution in [-0.4, -0.2) is 50.7 Å². The van der Waals surface area contributed by atoms with Crippen LogP contribution in [0.5, 0.6) is 5.88 Å². The zero-order valence-electron chi connectivity index (χ0n) is 21.1. The molecular weight excluding hydrogens is 533 g/mol. The Morgan fingerprint density at radius 3 is 2.59 bits per heavy atom. The first-order valence-corrected chi connectivity index (χ1v) is 13.8. The van der Waals surface area contributed by atoms with Crippen LogP contribution in [0, 0.1) is 12.3 Å². The SMILES string of the molecule is Cc1cc(Cl)cc(C(=O)NCCC(C)(C)C)c1NC(=O)c1cc(OC2CSC2)nn1-c1ncccc1Cl. The van der Waals surface area contributed by atoms with Crippen LogP contribution in [0.1, 0.15) is 53.6 Å². The molecule has 3 aromatic rings. The number of carbonyl (C=O) groups excluding carboxylic acids is 2. The number of aromatic nitrogens is 3. The van der Waals surface area contributed by atoms with E-state index >= 15 is 0 Å². The Morgan fingerprint density at radius 2 is 1.95 bits per heavy atom. The highest BCUT2D eigenvalue weighted by atomic mass is 35.5. The zero-order chi connectivity index (χ0) is 26.7. The van der Waals surface area contributed by atoms with Gasteiger partial charge in [0.25, 0.3) is 11.8 Å². The van der Waals surface area contributed by atoms with Crippen LogP contribution in [0.3, 0.4) is 0 Å². The number of pyridine rings is 1. The van der Waals surface area contributed by atoms with E-state index in [1.54, 1.807) is 55.2 Å². The molecule has 0 unspecified atom stereocenters. The Kier molecular flexibility index (Phi) is 8.36. The molecule has 1 aliphatic rings. The van der Waals surface area contributed by atoms with Crippen molar-refractivity contribution in [1.29, 1.82) is 0 Å². The minimum absolute atomic E-state index is 0.0328. The van der Waals surface area contributed by atoms with E-state index in [4.69, 9.17) is 27.9 Å². The summed E-state index contributed by atoms with van der Waals surface area (Å²) in [6.07, 6.45) is 2.40. The fourth-order valence-electron chi connectivity index (χ4n) is 3.64. The number of anilines is 1. The van der Waals surface area contributed by atoms with Gasteiger partial charge in [-0.1, -0.05) is 44.0 Å². The van der Waals surface area contributed by atoms with Gasteiger partial charge in [0.15, 0.2) is 5.82 Å². The Balaban J connectivity index is 1.65. The van der Waals surface area contributed by atoms with Crippen molar-refractivity contribution in [2.24, 2.45) is 5.41 Å². The summed E-state index contributed by atoms with van der Waals surface area (Å²) < 4.78 is 7.28. The lowest BCUT2D eigenvalue weighted by Gasteiger charge is -2.24. The van der Waals surface area contributed by atoms with Gasteiger partial charge in [0.1, 0.15) is 11.8 Å². The molecule has 1 saturated heterocycles. The third-order valence-corrected chi connectivity index (χ3v) is 7.43. The van der Waals surface area contributed by atoms with E-state index in [0.29, 0.717) is 39.5 Å². The predicted octanol–water partition coefficient (Wildman–Crippen LogP) is 5.80. The molecule has 196 valence electrons. The molecule has 3 heterocycles. The number of amides is 2. The summed E-state index contributed by atoms with van der Waals surface area (Å²) in [5, 5.41) is 11.0. The molecule has 37 heavy (non-hydrogen) atoms. The first-order valence-electron chi connectivity index (χ1n) is 11.9. The molecule has 1 aromatic carbocycles. The molecule has 8 nitrogen and oxygen atoms in total. The maximum Gasteiger partial charge on any atom is 0.274 e. The van der Waals surface area contributed by atoms with Gasteiger partial charge in [-0.15, -0.1) is 5.10 Å². The van der Waals surface area contributed by atoms with Crippen LogP contribution in [-0.2, 0) is 0 Å². The lowest BCUT2D eigenvalue weighted by Crippen LogP contribution is -2.31. The van der Waals surface area contributed by atoms with Crippen LogP contribution in [0.4, 0.5) is 5.69 Å². The average Bonchev–Trinajstić information content (AvgIpc) is 3.21. The van der Waals surface area contributed by atoms with Gasteiger partial charge >= 0.3 is 0 Å². The van der Waals surface area contributed by atoms with E-state index in [1.807, 2.05) is 0 Å². The first kappa shape index (κ1) is 27.3.